The monoisotopic (exact) mass is 242 g/mol. The van der Waals surface area contributed by atoms with Gasteiger partial charge >= 0.3 is 0 Å². The van der Waals surface area contributed by atoms with Crippen molar-refractivity contribution in [3.63, 3.8) is 0 Å². The van der Waals surface area contributed by atoms with E-state index in [-0.39, 0.29) is 0 Å². The van der Waals surface area contributed by atoms with E-state index in [9.17, 15) is 0 Å². The van der Waals surface area contributed by atoms with Crippen LogP contribution in [0.25, 0.3) is 0 Å². The van der Waals surface area contributed by atoms with Crippen molar-refractivity contribution in [1.29, 1.82) is 0 Å². The van der Waals surface area contributed by atoms with Crippen molar-refractivity contribution in [1.82, 2.24) is 10.2 Å². The lowest BCUT2D eigenvalue weighted by Gasteiger charge is -2.18. The van der Waals surface area contributed by atoms with Crippen molar-refractivity contribution in [2.45, 2.75) is 51.0 Å². The van der Waals surface area contributed by atoms with Gasteiger partial charge in [0.1, 0.15) is 0 Å². The van der Waals surface area contributed by atoms with E-state index in [1.807, 2.05) is 7.05 Å². The van der Waals surface area contributed by atoms with Gasteiger partial charge in [0.2, 0.25) is 0 Å². The molecule has 3 nitrogen and oxygen atoms in total. The van der Waals surface area contributed by atoms with E-state index in [0.29, 0.717) is 0 Å². The molecule has 1 N–H and O–H groups in total. The number of rotatable bonds is 10. The van der Waals surface area contributed by atoms with Crippen LogP contribution in [0.3, 0.4) is 0 Å². The highest BCUT2D eigenvalue weighted by Crippen LogP contribution is 2.17. The maximum Gasteiger partial charge on any atom is 0.0480 e. The molecule has 1 heterocycles. The van der Waals surface area contributed by atoms with Crippen molar-refractivity contribution in [3.8, 4) is 0 Å². The molecule has 0 aliphatic carbocycles. The molecule has 0 radical (unpaired) electrons. The average Bonchev–Trinajstić information content (AvgIpc) is 2.73. The molecule has 17 heavy (non-hydrogen) atoms. The summed E-state index contributed by atoms with van der Waals surface area (Å²) in [6.07, 6.45) is 9.11. The quantitative estimate of drug-likeness (QED) is 0.595. The van der Waals surface area contributed by atoms with Gasteiger partial charge in [0.05, 0.1) is 0 Å². The number of nitrogens with zero attached hydrogens (tertiary/aromatic N) is 1. The largest absolute Gasteiger partial charge is 0.381 e. The maximum absolute atomic E-state index is 5.71. The second kappa shape index (κ2) is 9.86. The van der Waals surface area contributed by atoms with Gasteiger partial charge in [0, 0.05) is 19.3 Å². The molecule has 1 aliphatic heterocycles. The fourth-order valence-electron chi connectivity index (χ4n) is 2.52. The lowest BCUT2D eigenvalue weighted by molar-refractivity contribution is 0.110. The number of nitrogens with one attached hydrogen (secondary N) is 1. The Morgan fingerprint density at radius 3 is 2.71 bits per heavy atom. The number of hydrogen-bond donors (Lipinski definition) is 1. The van der Waals surface area contributed by atoms with E-state index in [1.165, 1.54) is 51.5 Å². The molecule has 0 amide bonds. The van der Waals surface area contributed by atoms with E-state index < -0.39 is 0 Å². The molecule has 0 saturated carbocycles. The first-order valence-electron chi connectivity index (χ1n) is 7.27. The predicted molar refractivity (Wildman–Crippen MR) is 73.5 cm³/mol. The smallest absolute Gasteiger partial charge is 0.0480 e. The van der Waals surface area contributed by atoms with Crippen LogP contribution < -0.4 is 5.32 Å². The van der Waals surface area contributed by atoms with E-state index in [0.717, 1.165) is 25.8 Å². The summed E-state index contributed by atoms with van der Waals surface area (Å²) in [5, 5.41) is 3.18. The third-order valence-corrected chi connectivity index (χ3v) is 3.73. The van der Waals surface area contributed by atoms with Crippen LogP contribution in [0.5, 0.6) is 0 Å². The molecule has 0 aromatic heterocycles. The van der Waals surface area contributed by atoms with Gasteiger partial charge < -0.3 is 15.0 Å². The molecule has 1 rings (SSSR count). The van der Waals surface area contributed by atoms with Gasteiger partial charge in [-0.05, 0) is 59.3 Å². The zero-order valence-corrected chi connectivity index (χ0v) is 11.7. The average molecular weight is 242 g/mol. The molecule has 0 aromatic carbocycles. The van der Waals surface area contributed by atoms with Crippen LogP contribution in [-0.4, -0.2) is 51.3 Å². The molecule has 1 fully saturated rings. The van der Waals surface area contributed by atoms with E-state index in [4.69, 9.17) is 4.74 Å². The Labute approximate surface area is 107 Å². The Bertz CT molecular complexity index is 176. The van der Waals surface area contributed by atoms with E-state index >= 15 is 0 Å². The molecular weight excluding hydrogens is 212 g/mol. The first-order chi connectivity index (χ1) is 8.34. The van der Waals surface area contributed by atoms with Crippen LogP contribution in [0.15, 0.2) is 0 Å². The molecule has 1 aliphatic rings. The van der Waals surface area contributed by atoms with Gasteiger partial charge in [-0.1, -0.05) is 12.8 Å². The molecule has 1 saturated heterocycles. The number of hydrogen-bond acceptors (Lipinski definition) is 3. The van der Waals surface area contributed by atoms with Gasteiger partial charge in [0.15, 0.2) is 0 Å². The standard InChI is InChI=1S/C14H30N2O/c1-15-10-5-3-4-6-12-17-13-9-14-8-7-11-16(14)2/h14-15H,3-13H2,1-2H3. The molecule has 1 unspecified atom stereocenters. The molecule has 0 bridgehead atoms. The van der Waals surface area contributed by atoms with Gasteiger partial charge in [0.25, 0.3) is 0 Å². The highest BCUT2D eigenvalue weighted by Gasteiger charge is 2.19. The van der Waals surface area contributed by atoms with Crippen molar-refractivity contribution < 1.29 is 4.74 Å². The summed E-state index contributed by atoms with van der Waals surface area (Å²) in [5.74, 6) is 0. The van der Waals surface area contributed by atoms with E-state index in [1.54, 1.807) is 0 Å². The molecule has 102 valence electrons. The van der Waals surface area contributed by atoms with Gasteiger partial charge in [-0.15, -0.1) is 0 Å². The molecule has 0 spiro atoms. The van der Waals surface area contributed by atoms with E-state index in [2.05, 4.69) is 17.3 Å². The summed E-state index contributed by atoms with van der Waals surface area (Å²) in [5.41, 5.74) is 0. The summed E-state index contributed by atoms with van der Waals surface area (Å²) in [4.78, 5) is 2.47. The Kier molecular flexibility index (Phi) is 8.67. The highest BCUT2D eigenvalue weighted by atomic mass is 16.5. The second-order valence-electron chi connectivity index (χ2n) is 5.20. The zero-order chi connectivity index (χ0) is 12.3. The highest BCUT2D eigenvalue weighted by molar-refractivity contribution is 4.75. The minimum atomic E-state index is 0.783. The van der Waals surface area contributed by atoms with Crippen molar-refractivity contribution in [3.05, 3.63) is 0 Å². The summed E-state index contributed by atoms with van der Waals surface area (Å²) < 4.78 is 5.71. The summed E-state index contributed by atoms with van der Waals surface area (Å²) >= 11 is 0. The first kappa shape index (κ1) is 14.9. The third-order valence-electron chi connectivity index (χ3n) is 3.73. The molecule has 1 atom stereocenters. The Morgan fingerprint density at radius 2 is 2.00 bits per heavy atom. The lowest BCUT2D eigenvalue weighted by atomic mass is 10.1. The Morgan fingerprint density at radius 1 is 1.18 bits per heavy atom. The molecule has 3 heteroatoms. The number of likely N-dealkylation sites (tertiary alicyclic amines) is 1. The third kappa shape index (κ3) is 7.02. The van der Waals surface area contributed by atoms with Gasteiger partial charge in [-0.25, -0.2) is 0 Å². The number of ether oxygens (including phenoxy) is 1. The molecular formula is C14H30N2O. The van der Waals surface area contributed by atoms with Crippen LogP contribution in [0, 0.1) is 0 Å². The van der Waals surface area contributed by atoms with Crippen LogP contribution >= 0.6 is 0 Å². The van der Waals surface area contributed by atoms with Crippen LogP contribution in [0.2, 0.25) is 0 Å². The second-order valence-corrected chi connectivity index (χ2v) is 5.20. The van der Waals surface area contributed by atoms with Crippen molar-refractivity contribution in [2.24, 2.45) is 0 Å². The lowest BCUT2D eigenvalue weighted by Crippen LogP contribution is -2.26. The zero-order valence-electron chi connectivity index (χ0n) is 11.7. The summed E-state index contributed by atoms with van der Waals surface area (Å²) in [7, 11) is 4.25. The Hall–Kier alpha value is -0.120. The van der Waals surface area contributed by atoms with Crippen molar-refractivity contribution >= 4 is 0 Å². The van der Waals surface area contributed by atoms with Gasteiger partial charge in [-0.2, -0.15) is 0 Å². The van der Waals surface area contributed by atoms with Crippen LogP contribution in [0.1, 0.15) is 44.9 Å². The van der Waals surface area contributed by atoms with Crippen molar-refractivity contribution in [2.75, 3.05) is 40.4 Å². The minimum Gasteiger partial charge on any atom is -0.381 e. The SMILES string of the molecule is CNCCCCCCOCCC1CCCN1C. The maximum atomic E-state index is 5.71. The number of unbranched alkanes of at least 4 members (excludes halogenated alkanes) is 3. The van der Waals surface area contributed by atoms with Crippen LogP contribution in [0.4, 0.5) is 0 Å². The first-order valence-corrected chi connectivity index (χ1v) is 7.27. The summed E-state index contributed by atoms with van der Waals surface area (Å²) in [6.45, 7) is 4.33. The fraction of sp³-hybridized carbons (Fsp3) is 1.00. The fourth-order valence-corrected chi connectivity index (χ4v) is 2.52. The minimum absolute atomic E-state index is 0.783. The predicted octanol–water partition coefficient (Wildman–Crippen LogP) is 2.27. The summed E-state index contributed by atoms with van der Waals surface area (Å²) in [6, 6.07) is 0.783. The van der Waals surface area contributed by atoms with Crippen LogP contribution in [-0.2, 0) is 4.74 Å². The topological polar surface area (TPSA) is 24.5 Å². The normalized spacial score (nSPS) is 21.2. The molecule has 0 aromatic rings. The Balaban J connectivity index is 1.78. The van der Waals surface area contributed by atoms with Gasteiger partial charge in [-0.3, -0.25) is 0 Å².